The Bertz CT molecular complexity index is 792. The molecule has 0 aromatic heterocycles. The molecule has 0 radical (unpaired) electrons. The van der Waals surface area contributed by atoms with Crippen molar-refractivity contribution in [1.82, 2.24) is 9.80 Å². The van der Waals surface area contributed by atoms with E-state index >= 15 is 0 Å². The Kier molecular flexibility index (Phi) is 8.49. The molecule has 0 unspecified atom stereocenters. The first-order valence-corrected chi connectivity index (χ1v) is 11.0. The first kappa shape index (κ1) is 22.2. The molecule has 1 saturated heterocycles. The van der Waals surface area contributed by atoms with Crippen LogP contribution in [0.5, 0.6) is 11.5 Å². The summed E-state index contributed by atoms with van der Waals surface area (Å²) >= 11 is 12.2. The minimum absolute atomic E-state index is 0.374. The largest absolute Gasteiger partial charge is 0.490 e. The maximum Gasteiger partial charge on any atom is 0.161 e. The quantitative estimate of drug-likeness (QED) is 0.542. The number of aryl methyl sites for hydroxylation is 1. The Labute approximate surface area is 184 Å². The Morgan fingerprint density at radius 1 is 0.931 bits per heavy atom. The van der Waals surface area contributed by atoms with Gasteiger partial charge >= 0.3 is 0 Å². The van der Waals surface area contributed by atoms with E-state index in [2.05, 4.69) is 29.0 Å². The Morgan fingerprint density at radius 3 is 2.45 bits per heavy atom. The molecule has 4 nitrogen and oxygen atoms in total. The molecule has 0 atom stereocenters. The topological polar surface area (TPSA) is 24.9 Å². The van der Waals surface area contributed by atoms with Gasteiger partial charge in [-0.15, -0.1) is 0 Å². The van der Waals surface area contributed by atoms with Crippen LogP contribution in [0.25, 0.3) is 0 Å². The fourth-order valence-corrected chi connectivity index (χ4v) is 3.93. The Morgan fingerprint density at radius 2 is 1.72 bits per heavy atom. The summed E-state index contributed by atoms with van der Waals surface area (Å²) in [7, 11) is 2.19. The summed E-state index contributed by atoms with van der Waals surface area (Å²) in [5.74, 6) is 1.52. The molecular weight excluding hydrogens is 407 g/mol. The fraction of sp³-hybridized carbons (Fsp3) is 0.478. The summed E-state index contributed by atoms with van der Waals surface area (Å²) in [5.41, 5.74) is 2.18. The second-order valence-corrected chi connectivity index (χ2v) is 8.33. The monoisotopic (exact) mass is 436 g/mol. The van der Waals surface area contributed by atoms with Crippen molar-refractivity contribution in [2.24, 2.45) is 0 Å². The molecule has 29 heavy (non-hydrogen) atoms. The number of hydrogen-bond acceptors (Lipinski definition) is 4. The molecule has 1 fully saturated rings. The van der Waals surface area contributed by atoms with E-state index in [1.807, 2.05) is 25.1 Å². The molecule has 1 heterocycles. The van der Waals surface area contributed by atoms with Crippen LogP contribution in [0.3, 0.4) is 0 Å². The van der Waals surface area contributed by atoms with E-state index in [-0.39, 0.29) is 0 Å². The molecule has 6 heteroatoms. The van der Waals surface area contributed by atoms with E-state index < -0.39 is 0 Å². The second-order valence-electron chi connectivity index (χ2n) is 7.49. The van der Waals surface area contributed by atoms with Crippen molar-refractivity contribution in [2.45, 2.75) is 26.4 Å². The van der Waals surface area contributed by atoms with Gasteiger partial charge in [0.2, 0.25) is 0 Å². The van der Waals surface area contributed by atoms with Gasteiger partial charge in [0, 0.05) is 41.8 Å². The number of nitrogens with zero attached hydrogens (tertiary/aromatic N) is 2. The lowest BCUT2D eigenvalue weighted by Crippen LogP contribution is -2.44. The van der Waals surface area contributed by atoms with Crippen molar-refractivity contribution in [3.63, 3.8) is 0 Å². The highest BCUT2D eigenvalue weighted by molar-refractivity contribution is 6.35. The van der Waals surface area contributed by atoms with Crippen molar-refractivity contribution in [3.8, 4) is 11.5 Å². The molecule has 1 aliphatic rings. The van der Waals surface area contributed by atoms with Gasteiger partial charge in [-0.3, -0.25) is 0 Å². The predicted molar refractivity (Wildman–Crippen MR) is 121 cm³/mol. The molecule has 0 spiro atoms. The van der Waals surface area contributed by atoms with E-state index in [0.29, 0.717) is 23.3 Å². The van der Waals surface area contributed by atoms with Gasteiger partial charge in [-0.1, -0.05) is 35.3 Å². The van der Waals surface area contributed by atoms with Crippen LogP contribution in [0, 0.1) is 0 Å². The Balaban J connectivity index is 1.56. The summed E-state index contributed by atoms with van der Waals surface area (Å²) in [6, 6.07) is 11.7. The third-order valence-corrected chi connectivity index (χ3v) is 5.83. The lowest BCUT2D eigenvalue weighted by atomic mass is 10.1. The lowest BCUT2D eigenvalue weighted by Gasteiger charge is -2.32. The minimum Gasteiger partial charge on any atom is -0.490 e. The van der Waals surface area contributed by atoms with Crippen LogP contribution in [0.1, 0.15) is 24.5 Å². The zero-order valence-corrected chi connectivity index (χ0v) is 18.8. The van der Waals surface area contributed by atoms with Crippen LogP contribution in [0.4, 0.5) is 0 Å². The van der Waals surface area contributed by atoms with Gasteiger partial charge in [0.05, 0.1) is 6.61 Å². The highest BCUT2D eigenvalue weighted by Crippen LogP contribution is 2.31. The zero-order valence-electron chi connectivity index (χ0n) is 17.3. The molecule has 3 rings (SSSR count). The molecule has 2 aromatic rings. The van der Waals surface area contributed by atoms with Gasteiger partial charge in [-0.25, -0.2) is 0 Å². The molecule has 0 saturated carbocycles. The van der Waals surface area contributed by atoms with E-state index in [1.165, 1.54) is 18.7 Å². The summed E-state index contributed by atoms with van der Waals surface area (Å²) in [5, 5.41) is 1.23. The molecule has 0 amide bonds. The highest BCUT2D eigenvalue weighted by Gasteiger charge is 2.13. The number of rotatable bonds is 9. The molecular formula is C23H30Cl2N2O2. The lowest BCUT2D eigenvalue weighted by molar-refractivity contribution is 0.153. The van der Waals surface area contributed by atoms with Crippen molar-refractivity contribution in [3.05, 3.63) is 57.6 Å². The fourth-order valence-electron chi connectivity index (χ4n) is 3.47. The summed E-state index contributed by atoms with van der Waals surface area (Å²) in [4.78, 5) is 4.94. The van der Waals surface area contributed by atoms with E-state index in [4.69, 9.17) is 32.7 Å². The molecule has 158 valence electrons. The molecule has 2 aromatic carbocycles. The maximum absolute atomic E-state index is 6.25. The van der Waals surface area contributed by atoms with Crippen LogP contribution in [0.2, 0.25) is 10.0 Å². The van der Waals surface area contributed by atoms with Crippen molar-refractivity contribution in [2.75, 3.05) is 46.4 Å². The summed E-state index contributed by atoms with van der Waals surface area (Å²) in [6.45, 7) is 8.77. The SMILES string of the molecule is CCOc1cc(CCCN2CCN(C)CC2)ccc1OCc1ccc(Cl)cc1Cl. The average molecular weight is 437 g/mol. The number of halogens is 2. The Hall–Kier alpha value is -1.46. The number of likely N-dealkylation sites (N-methyl/N-ethyl adjacent to an activating group) is 1. The van der Waals surface area contributed by atoms with E-state index in [0.717, 1.165) is 49.5 Å². The normalized spacial score (nSPS) is 15.4. The van der Waals surface area contributed by atoms with E-state index in [9.17, 15) is 0 Å². The first-order valence-electron chi connectivity index (χ1n) is 10.3. The highest BCUT2D eigenvalue weighted by atomic mass is 35.5. The average Bonchev–Trinajstić information content (AvgIpc) is 2.70. The summed E-state index contributed by atoms with van der Waals surface area (Å²) < 4.78 is 11.8. The second kappa shape index (κ2) is 11.1. The van der Waals surface area contributed by atoms with Crippen LogP contribution in [0.15, 0.2) is 36.4 Å². The van der Waals surface area contributed by atoms with Crippen LogP contribution in [-0.4, -0.2) is 56.2 Å². The number of benzene rings is 2. The van der Waals surface area contributed by atoms with Gasteiger partial charge < -0.3 is 19.3 Å². The van der Waals surface area contributed by atoms with Crippen molar-refractivity contribution in [1.29, 1.82) is 0 Å². The van der Waals surface area contributed by atoms with Crippen molar-refractivity contribution < 1.29 is 9.47 Å². The zero-order chi connectivity index (χ0) is 20.6. The van der Waals surface area contributed by atoms with Crippen LogP contribution >= 0.6 is 23.2 Å². The third-order valence-electron chi connectivity index (χ3n) is 5.24. The molecule has 1 aliphatic heterocycles. The summed E-state index contributed by atoms with van der Waals surface area (Å²) in [6.07, 6.45) is 2.19. The number of piperazine rings is 1. The van der Waals surface area contributed by atoms with Gasteiger partial charge in [0.25, 0.3) is 0 Å². The number of hydrogen-bond donors (Lipinski definition) is 0. The smallest absolute Gasteiger partial charge is 0.161 e. The number of ether oxygens (including phenoxy) is 2. The maximum atomic E-state index is 6.25. The van der Waals surface area contributed by atoms with Gasteiger partial charge in [-0.05, 0) is 63.2 Å². The van der Waals surface area contributed by atoms with Crippen molar-refractivity contribution >= 4 is 23.2 Å². The van der Waals surface area contributed by atoms with Crippen LogP contribution in [-0.2, 0) is 13.0 Å². The van der Waals surface area contributed by atoms with Gasteiger partial charge in [-0.2, -0.15) is 0 Å². The molecule has 0 bridgehead atoms. The van der Waals surface area contributed by atoms with E-state index in [1.54, 1.807) is 6.07 Å². The molecule has 0 N–H and O–H groups in total. The van der Waals surface area contributed by atoms with Crippen LogP contribution < -0.4 is 9.47 Å². The first-order chi connectivity index (χ1) is 14.0. The standard InChI is InChI=1S/C23H30Cl2N2O2/c1-3-28-23-15-18(5-4-10-27-13-11-26(2)12-14-27)6-9-22(23)29-17-19-7-8-20(24)16-21(19)25/h6-9,15-16H,3-5,10-14,17H2,1-2H3. The van der Waals surface area contributed by atoms with Gasteiger partial charge in [0.15, 0.2) is 11.5 Å². The predicted octanol–water partition coefficient (Wildman–Crippen LogP) is 5.15. The molecule has 0 aliphatic carbocycles. The minimum atomic E-state index is 0.374. The van der Waals surface area contributed by atoms with Gasteiger partial charge in [0.1, 0.15) is 6.61 Å². The third kappa shape index (κ3) is 6.78.